The first-order valence-electron chi connectivity index (χ1n) is 9.58. The fourth-order valence-electron chi connectivity index (χ4n) is 3.60. The molecule has 2 N–H and O–H groups in total. The molecular weight excluding hydrogens is 385 g/mol. The van der Waals surface area contributed by atoms with Crippen LogP contribution in [0.4, 0.5) is 10.1 Å². The average Bonchev–Trinajstić information content (AvgIpc) is 3.07. The van der Waals surface area contributed by atoms with Crippen molar-refractivity contribution in [1.82, 2.24) is 10.3 Å². The summed E-state index contributed by atoms with van der Waals surface area (Å²) in [5.41, 5.74) is 3.69. The van der Waals surface area contributed by atoms with Crippen molar-refractivity contribution in [3.8, 4) is 5.88 Å². The van der Waals surface area contributed by atoms with Gasteiger partial charge in [0, 0.05) is 23.0 Å². The van der Waals surface area contributed by atoms with Crippen molar-refractivity contribution in [1.29, 1.82) is 0 Å². The highest BCUT2D eigenvalue weighted by atomic mass is 19.1. The zero-order valence-corrected chi connectivity index (χ0v) is 16.5. The second-order valence-electron chi connectivity index (χ2n) is 6.93. The molecule has 0 bridgehead atoms. The number of benzene rings is 2. The van der Waals surface area contributed by atoms with Crippen LogP contribution in [0.15, 0.2) is 54.7 Å². The molecule has 1 unspecified atom stereocenters. The lowest BCUT2D eigenvalue weighted by molar-refractivity contribution is 0.0959. The number of rotatable bonds is 5. The molecule has 0 fully saturated rings. The van der Waals surface area contributed by atoms with Gasteiger partial charge in [-0.15, -0.1) is 0 Å². The van der Waals surface area contributed by atoms with Crippen LogP contribution in [0.1, 0.15) is 50.4 Å². The van der Waals surface area contributed by atoms with Gasteiger partial charge in [-0.1, -0.05) is 30.3 Å². The molecule has 2 heterocycles. The summed E-state index contributed by atoms with van der Waals surface area (Å²) in [4.78, 5) is 29.1. The van der Waals surface area contributed by atoms with Crippen LogP contribution in [-0.2, 0) is 0 Å². The predicted molar refractivity (Wildman–Crippen MR) is 110 cm³/mol. The molecular formula is C23H20FN3O3. The van der Waals surface area contributed by atoms with E-state index in [-0.39, 0.29) is 30.0 Å². The number of fused-ring (bicyclic) bond motifs is 1. The van der Waals surface area contributed by atoms with E-state index in [4.69, 9.17) is 4.74 Å². The minimum absolute atomic E-state index is 0.0540. The first-order chi connectivity index (χ1) is 14.5. The van der Waals surface area contributed by atoms with Gasteiger partial charge in [0.1, 0.15) is 0 Å². The van der Waals surface area contributed by atoms with E-state index in [1.807, 2.05) is 31.2 Å². The van der Waals surface area contributed by atoms with Crippen molar-refractivity contribution in [3.05, 3.63) is 88.4 Å². The van der Waals surface area contributed by atoms with E-state index in [2.05, 4.69) is 15.6 Å². The van der Waals surface area contributed by atoms with Gasteiger partial charge in [0.05, 0.1) is 18.2 Å². The third kappa shape index (κ3) is 3.50. The summed E-state index contributed by atoms with van der Waals surface area (Å²) in [6, 6.07) is 13.6. The third-order valence-electron chi connectivity index (χ3n) is 5.01. The molecule has 1 aliphatic heterocycles. The number of halogens is 1. The molecule has 1 aromatic heterocycles. The maximum absolute atomic E-state index is 14.1. The Balaban J connectivity index is 1.69. The number of ether oxygens (including phenoxy) is 1. The summed E-state index contributed by atoms with van der Waals surface area (Å²) in [6.45, 7) is 3.96. The molecule has 4 rings (SSSR count). The van der Waals surface area contributed by atoms with Crippen LogP contribution in [-0.4, -0.2) is 23.4 Å². The number of hydrogen-bond acceptors (Lipinski definition) is 4. The Morgan fingerprint density at radius 1 is 1.23 bits per heavy atom. The summed E-state index contributed by atoms with van der Waals surface area (Å²) < 4.78 is 19.2. The fraction of sp³-hybridized carbons (Fsp3) is 0.174. The molecule has 1 atom stereocenters. The maximum Gasteiger partial charge on any atom is 0.257 e. The Kier molecular flexibility index (Phi) is 5.18. The summed E-state index contributed by atoms with van der Waals surface area (Å²) >= 11 is 0. The van der Waals surface area contributed by atoms with E-state index in [1.165, 1.54) is 6.20 Å². The number of aryl methyl sites for hydroxylation is 1. The predicted octanol–water partition coefficient (Wildman–Crippen LogP) is 4.01. The third-order valence-corrected chi connectivity index (χ3v) is 5.01. The maximum atomic E-state index is 14.1. The molecule has 0 spiro atoms. The van der Waals surface area contributed by atoms with Crippen molar-refractivity contribution < 1.29 is 18.7 Å². The molecule has 0 saturated carbocycles. The number of hydrogen-bond donors (Lipinski definition) is 2. The van der Waals surface area contributed by atoms with Crippen LogP contribution in [0.2, 0.25) is 0 Å². The lowest BCUT2D eigenvalue weighted by atomic mass is 9.93. The quantitative estimate of drug-likeness (QED) is 0.672. The largest absolute Gasteiger partial charge is 0.476 e. The standard InChI is InChI=1S/C23H20FN3O3/c1-3-30-23-17(24)11-14(12-25-23)21(28)26-18-10-6-9-16-19(18)20(27-22(16)29)15-8-5-4-7-13(15)2/h4-12,20H,3H2,1-2H3,(H,26,28)(H,27,29). The van der Waals surface area contributed by atoms with E-state index < -0.39 is 11.7 Å². The number of amides is 2. The molecule has 7 heteroatoms. The lowest BCUT2D eigenvalue weighted by Gasteiger charge is -2.18. The van der Waals surface area contributed by atoms with Crippen LogP contribution in [0, 0.1) is 12.7 Å². The van der Waals surface area contributed by atoms with Crippen molar-refractivity contribution in [2.45, 2.75) is 19.9 Å². The Morgan fingerprint density at radius 3 is 2.77 bits per heavy atom. The molecule has 2 aromatic carbocycles. The van der Waals surface area contributed by atoms with Gasteiger partial charge >= 0.3 is 0 Å². The molecule has 30 heavy (non-hydrogen) atoms. The molecule has 6 nitrogen and oxygen atoms in total. The first kappa shape index (κ1) is 19.6. The topological polar surface area (TPSA) is 80.3 Å². The number of nitrogens with one attached hydrogen (secondary N) is 2. The van der Waals surface area contributed by atoms with Gasteiger partial charge < -0.3 is 15.4 Å². The smallest absolute Gasteiger partial charge is 0.257 e. The van der Waals surface area contributed by atoms with E-state index in [0.717, 1.165) is 17.2 Å². The average molecular weight is 405 g/mol. The van der Waals surface area contributed by atoms with E-state index in [0.29, 0.717) is 16.8 Å². The summed E-state index contributed by atoms with van der Waals surface area (Å²) in [5.74, 6) is -1.59. The van der Waals surface area contributed by atoms with E-state index in [1.54, 1.807) is 25.1 Å². The fourth-order valence-corrected chi connectivity index (χ4v) is 3.60. The van der Waals surface area contributed by atoms with Crippen LogP contribution in [0.5, 0.6) is 5.88 Å². The molecule has 0 aliphatic carbocycles. The van der Waals surface area contributed by atoms with E-state index >= 15 is 0 Å². The van der Waals surface area contributed by atoms with Crippen LogP contribution in [0.25, 0.3) is 0 Å². The van der Waals surface area contributed by atoms with Crippen molar-refractivity contribution in [2.75, 3.05) is 11.9 Å². The van der Waals surface area contributed by atoms with Gasteiger partial charge in [0.15, 0.2) is 5.82 Å². The van der Waals surface area contributed by atoms with Crippen LogP contribution < -0.4 is 15.4 Å². The Labute approximate surface area is 173 Å². The number of anilines is 1. The SMILES string of the molecule is CCOc1ncc(C(=O)Nc2cccc3c2C(c2ccccc2C)NC3=O)cc1F. The highest BCUT2D eigenvalue weighted by Gasteiger charge is 2.33. The van der Waals surface area contributed by atoms with Gasteiger partial charge in [-0.25, -0.2) is 9.37 Å². The number of pyridine rings is 1. The second kappa shape index (κ2) is 7.94. The van der Waals surface area contributed by atoms with Crippen molar-refractivity contribution in [2.24, 2.45) is 0 Å². The van der Waals surface area contributed by atoms with Gasteiger partial charge in [-0.2, -0.15) is 0 Å². The molecule has 0 radical (unpaired) electrons. The molecule has 0 saturated heterocycles. The minimum Gasteiger partial charge on any atom is -0.476 e. The Hall–Kier alpha value is -3.74. The van der Waals surface area contributed by atoms with Gasteiger partial charge in [0.2, 0.25) is 5.88 Å². The zero-order valence-electron chi connectivity index (χ0n) is 16.5. The zero-order chi connectivity index (χ0) is 21.3. The highest BCUT2D eigenvalue weighted by Crippen LogP contribution is 2.37. The molecule has 1 aliphatic rings. The van der Waals surface area contributed by atoms with E-state index in [9.17, 15) is 14.0 Å². The first-order valence-corrected chi connectivity index (χ1v) is 9.58. The number of carbonyl (C=O) groups excluding carboxylic acids is 2. The van der Waals surface area contributed by atoms with Crippen molar-refractivity contribution in [3.63, 3.8) is 0 Å². The number of carbonyl (C=O) groups is 2. The lowest BCUT2D eigenvalue weighted by Crippen LogP contribution is -2.21. The highest BCUT2D eigenvalue weighted by molar-refractivity contribution is 6.07. The summed E-state index contributed by atoms with van der Waals surface area (Å²) in [6.07, 6.45) is 1.26. The number of nitrogens with zero attached hydrogens (tertiary/aromatic N) is 1. The number of aromatic nitrogens is 1. The second-order valence-corrected chi connectivity index (χ2v) is 6.93. The van der Waals surface area contributed by atoms with Crippen molar-refractivity contribution >= 4 is 17.5 Å². The Morgan fingerprint density at radius 2 is 2.03 bits per heavy atom. The summed E-state index contributed by atoms with van der Waals surface area (Å²) in [7, 11) is 0. The molecule has 2 amide bonds. The van der Waals surface area contributed by atoms with Crippen LogP contribution in [0.3, 0.4) is 0 Å². The summed E-state index contributed by atoms with van der Waals surface area (Å²) in [5, 5.41) is 5.78. The monoisotopic (exact) mass is 405 g/mol. The molecule has 3 aromatic rings. The Bertz CT molecular complexity index is 1150. The van der Waals surface area contributed by atoms with Gasteiger partial charge in [-0.05, 0) is 43.2 Å². The molecule has 152 valence electrons. The van der Waals surface area contributed by atoms with Crippen LogP contribution >= 0.6 is 0 Å². The van der Waals surface area contributed by atoms with Gasteiger partial charge in [0.25, 0.3) is 11.8 Å². The van der Waals surface area contributed by atoms with Gasteiger partial charge in [-0.3, -0.25) is 9.59 Å². The normalized spacial score (nSPS) is 14.8. The minimum atomic E-state index is -0.711.